The highest BCUT2D eigenvalue weighted by molar-refractivity contribution is 5.90. The fraction of sp³-hybridized carbons (Fsp3) is 0.188. The van der Waals surface area contributed by atoms with Gasteiger partial charge >= 0.3 is 0 Å². The molecule has 4 nitrogen and oxygen atoms in total. The lowest BCUT2D eigenvalue weighted by Gasteiger charge is -2.12. The summed E-state index contributed by atoms with van der Waals surface area (Å²) in [4.78, 5) is 0. The second-order valence-corrected chi connectivity index (χ2v) is 4.53. The summed E-state index contributed by atoms with van der Waals surface area (Å²) in [6.45, 7) is 3.39. The summed E-state index contributed by atoms with van der Waals surface area (Å²) in [7, 11) is 0. The lowest BCUT2D eigenvalue weighted by molar-refractivity contribution is 0.337. The normalized spacial score (nSPS) is 10.7. The van der Waals surface area contributed by atoms with Crippen molar-refractivity contribution < 1.29 is 4.74 Å². The third-order valence-electron chi connectivity index (χ3n) is 3.23. The highest BCUT2D eigenvalue weighted by atomic mass is 16.5. The van der Waals surface area contributed by atoms with Crippen LogP contribution in [0, 0.1) is 0 Å². The van der Waals surface area contributed by atoms with Gasteiger partial charge in [0.2, 0.25) is 0 Å². The van der Waals surface area contributed by atoms with Crippen LogP contribution in [0.2, 0.25) is 0 Å². The van der Waals surface area contributed by atoms with Crippen LogP contribution in [0.15, 0.2) is 48.7 Å². The fourth-order valence-electron chi connectivity index (χ4n) is 2.26. The van der Waals surface area contributed by atoms with Crippen molar-refractivity contribution in [3.8, 4) is 5.75 Å². The Bertz CT molecular complexity index is 706. The van der Waals surface area contributed by atoms with Crippen LogP contribution in [0.3, 0.4) is 0 Å². The molecule has 0 aliphatic heterocycles. The van der Waals surface area contributed by atoms with Gasteiger partial charge in [-0.2, -0.15) is 5.10 Å². The minimum absolute atomic E-state index is 0.675. The molecule has 3 aromatic rings. The molecule has 3 rings (SSSR count). The molecule has 102 valence electrons. The highest BCUT2D eigenvalue weighted by Crippen LogP contribution is 2.24. The maximum absolute atomic E-state index is 5.64. The predicted octanol–water partition coefficient (Wildman–Crippen LogP) is 3.57. The van der Waals surface area contributed by atoms with Crippen molar-refractivity contribution in [1.82, 2.24) is 10.2 Å². The first-order valence-corrected chi connectivity index (χ1v) is 6.75. The van der Waals surface area contributed by atoms with Gasteiger partial charge in [0.05, 0.1) is 18.3 Å². The second-order valence-electron chi connectivity index (χ2n) is 4.53. The molecule has 0 aliphatic carbocycles. The van der Waals surface area contributed by atoms with Crippen molar-refractivity contribution in [3.05, 3.63) is 54.2 Å². The van der Waals surface area contributed by atoms with Crippen LogP contribution >= 0.6 is 0 Å². The van der Waals surface area contributed by atoms with Gasteiger partial charge in [0.15, 0.2) is 0 Å². The van der Waals surface area contributed by atoms with Crippen molar-refractivity contribution in [2.75, 3.05) is 11.9 Å². The lowest BCUT2D eigenvalue weighted by Crippen LogP contribution is -2.03. The second kappa shape index (κ2) is 5.65. The Labute approximate surface area is 117 Å². The van der Waals surface area contributed by atoms with E-state index in [1.54, 1.807) is 0 Å². The molecule has 2 N–H and O–H groups in total. The Morgan fingerprint density at radius 3 is 2.95 bits per heavy atom. The number of ether oxygens (including phenoxy) is 1. The summed E-state index contributed by atoms with van der Waals surface area (Å²) < 4.78 is 5.64. The van der Waals surface area contributed by atoms with E-state index in [1.807, 2.05) is 43.5 Å². The highest BCUT2D eigenvalue weighted by Gasteiger charge is 2.05. The van der Waals surface area contributed by atoms with Gasteiger partial charge in [-0.25, -0.2) is 0 Å². The molecular formula is C16H17N3O. The van der Waals surface area contributed by atoms with Gasteiger partial charge in [0.1, 0.15) is 5.75 Å². The number of aromatic nitrogens is 2. The van der Waals surface area contributed by atoms with E-state index in [0.29, 0.717) is 6.61 Å². The third kappa shape index (κ3) is 2.45. The van der Waals surface area contributed by atoms with Gasteiger partial charge < -0.3 is 10.1 Å². The fourth-order valence-corrected chi connectivity index (χ4v) is 2.26. The molecule has 2 aromatic carbocycles. The number of aromatic amines is 1. The maximum atomic E-state index is 5.64. The van der Waals surface area contributed by atoms with Crippen LogP contribution in [-0.4, -0.2) is 16.8 Å². The molecule has 0 aliphatic rings. The first-order valence-electron chi connectivity index (χ1n) is 6.75. The van der Waals surface area contributed by atoms with E-state index in [4.69, 9.17) is 4.74 Å². The number of fused-ring (bicyclic) bond motifs is 1. The largest absolute Gasteiger partial charge is 0.494 e. The summed E-state index contributed by atoms with van der Waals surface area (Å²) in [5, 5.41) is 11.6. The number of hydrogen-bond acceptors (Lipinski definition) is 3. The van der Waals surface area contributed by atoms with Gasteiger partial charge in [-0.15, -0.1) is 0 Å². The summed E-state index contributed by atoms with van der Waals surface area (Å²) in [6, 6.07) is 14.2. The van der Waals surface area contributed by atoms with Crippen molar-refractivity contribution in [2.45, 2.75) is 13.5 Å². The Hall–Kier alpha value is -2.49. The topological polar surface area (TPSA) is 49.9 Å². The summed E-state index contributed by atoms with van der Waals surface area (Å²) in [5.41, 5.74) is 3.26. The van der Waals surface area contributed by atoms with E-state index in [2.05, 4.69) is 27.6 Å². The average molecular weight is 267 g/mol. The van der Waals surface area contributed by atoms with Crippen LogP contribution in [0.5, 0.6) is 5.75 Å². The third-order valence-corrected chi connectivity index (χ3v) is 3.23. The zero-order chi connectivity index (χ0) is 13.8. The van der Waals surface area contributed by atoms with E-state index in [1.165, 1.54) is 0 Å². The van der Waals surface area contributed by atoms with Crippen molar-refractivity contribution in [2.24, 2.45) is 0 Å². The van der Waals surface area contributed by atoms with E-state index >= 15 is 0 Å². The minimum Gasteiger partial charge on any atom is -0.494 e. The monoisotopic (exact) mass is 267 g/mol. The van der Waals surface area contributed by atoms with Crippen LogP contribution < -0.4 is 10.1 Å². The van der Waals surface area contributed by atoms with E-state index in [9.17, 15) is 0 Å². The number of anilines is 1. The van der Waals surface area contributed by atoms with E-state index in [-0.39, 0.29) is 0 Å². The zero-order valence-electron chi connectivity index (χ0n) is 11.4. The zero-order valence-corrected chi connectivity index (χ0v) is 11.4. The van der Waals surface area contributed by atoms with Crippen LogP contribution in [0.25, 0.3) is 10.9 Å². The molecule has 0 radical (unpaired) electrons. The number of nitrogens with one attached hydrogen (secondary N) is 2. The molecule has 0 unspecified atom stereocenters. The quantitative estimate of drug-likeness (QED) is 0.743. The molecule has 0 fully saturated rings. The molecule has 20 heavy (non-hydrogen) atoms. The van der Waals surface area contributed by atoms with Gasteiger partial charge in [-0.05, 0) is 25.1 Å². The van der Waals surface area contributed by atoms with Crippen molar-refractivity contribution >= 4 is 16.6 Å². The molecular weight excluding hydrogens is 250 g/mol. The predicted molar refractivity (Wildman–Crippen MR) is 81.0 cm³/mol. The first-order chi connectivity index (χ1) is 9.88. The van der Waals surface area contributed by atoms with E-state index in [0.717, 1.165) is 34.4 Å². The van der Waals surface area contributed by atoms with Gasteiger partial charge in [-0.1, -0.05) is 24.3 Å². The molecule has 0 atom stereocenters. The van der Waals surface area contributed by atoms with Crippen molar-refractivity contribution in [1.29, 1.82) is 0 Å². The first kappa shape index (κ1) is 12.5. The summed E-state index contributed by atoms with van der Waals surface area (Å²) >= 11 is 0. The Balaban J connectivity index is 1.81. The average Bonchev–Trinajstić information content (AvgIpc) is 2.96. The van der Waals surface area contributed by atoms with Crippen LogP contribution in [0.1, 0.15) is 12.5 Å². The standard InChI is InChI=1S/C16H17N3O/c1-2-20-16-9-4-3-6-12(16)10-17-14-7-5-8-15-13(14)11-18-19-15/h3-9,11,17H,2,10H2,1H3,(H,18,19). The number of hydrogen-bond donors (Lipinski definition) is 2. The molecule has 0 saturated carbocycles. The SMILES string of the molecule is CCOc1ccccc1CNc1cccc2[nH]ncc12. The molecule has 0 amide bonds. The molecule has 1 heterocycles. The van der Waals surface area contributed by atoms with Gasteiger partial charge in [0.25, 0.3) is 0 Å². The molecule has 4 heteroatoms. The smallest absolute Gasteiger partial charge is 0.124 e. The molecule has 0 saturated heterocycles. The number of nitrogens with zero attached hydrogens (tertiary/aromatic N) is 1. The number of benzene rings is 2. The number of H-pyrrole nitrogens is 1. The van der Waals surface area contributed by atoms with E-state index < -0.39 is 0 Å². The van der Waals surface area contributed by atoms with Crippen molar-refractivity contribution in [3.63, 3.8) is 0 Å². The summed E-state index contributed by atoms with van der Waals surface area (Å²) in [6.07, 6.45) is 1.84. The molecule has 0 bridgehead atoms. The van der Waals surface area contributed by atoms with Gasteiger partial charge in [-0.3, -0.25) is 5.10 Å². The Morgan fingerprint density at radius 2 is 2.05 bits per heavy atom. The minimum atomic E-state index is 0.675. The van der Waals surface area contributed by atoms with Crippen LogP contribution in [-0.2, 0) is 6.54 Å². The Morgan fingerprint density at radius 1 is 1.15 bits per heavy atom. The maximum Gasteiger partial charge on any atom is 0.124 e. The van der Waals surface area contributed by atoms with Crippen LogP contribution in [0.4, 0.5) is 5.69 Å². The Kier molecular flexibility index (Phi) is 3.54. The lowest BCUT2D eigenvalue weighted by atomic mass is 10.1. The number of rotatable bonds is 5. The summed E-state index contributed by atoms with van der Waals surface area (Å²) in [5.74, 6) is 0.932. The molecule has 1 aromatic heterocycles. The molecule has 0 spiro atoms. The van der Waals surface area contributed by atoms with Gasteiger partial charge in [0, 0.05) is 23.2 Å². The number of para-hydroxylation sites is 1.